The fourth-order valence-electron chi connectivity index (χ4n) is 6.41. The number of rotatable bonds is 10. The average Bonchev–Trinajstić information content (AvgIpc) is 3.77. The molecule has 228 valence electrons. The van der Waals surface area contributed by atoms with Gasteiger partial charge in [-0.3, -0.25) is 14.0 Å². The van der Waals surface area contributed by atoms with Gasteiger partial charge in [-0.05, 0) is 68.4 Å². The predicted molar refractivity (Wildman–Crippen MR) is 140 cm³/mol. The van der Waals surface area contributed by atoms with E-state index in [1.807, 2.05) is 0 Å². The number of hydrogen-bond acceptors (Lipinski definition) is 4. The molecule has 6 rings (SSSR count). The van der Waals surface area contributed by atoms with E-state index >= 15 is 0 Å². The first kappa shape index (κ1) is 29.0. The zero-order chi connectivity index (χ0) is 30.0. The van der Waals surface area contributed by atoms with E-state index in [2.05, 4.69) is 26.8 Å². The molecule has 0 radical (unpaired) electrons. The van der Waals surface area contributed by atoms with Crippen molar-refractivity contribution in [2.45, 2.75) is 82.0 Å². The number of alkyl halides is 6. The largest absolute Gasteiger partial charge is 0.403 e. The quantitative estimate of drug-likeness (QED) is 0.256. The van der Waals surface area contributed by atoms with Crippen molar-refractivity contribution in [1.29, 1.82) is 0 Å². The van der Waals surface area contributed by atoms with Crippen LogP contribution in [0.4, 0.5) is 26.3 Å². The number of aromatic nitrogens is 3. The summed E-state index contributed by atoms with van der Waals surface area (Å²) >= 11 is 0. The van der Waals surface area contributed by atoms with Crippen LogP contribution >= 0.6 is 0 Å². The monoisotopic (exact) mass is 597 g/mol. The van der Waals surface area contributed by atoms with E-state index in [4.69, 9.17) is 0 Å². The van der Waals surface area contributed by atoms with Crippen molar-refractivity contribution >= 4 is 23.0 Å². The van der Waals surface area contributed by atoms with Gasteiger partial charge in [0.2, 0.25) is 11.8 Å². The number of nitrogens with zero attached hydrogens (tertiary/aromatic N) is 3. The number of pyridine rings is 1. The molecule has 0 bridgehead atoms. The standard InChI is InChI=1S/C29H33F6N5O2/c1-15(8-12-30)25(41)40-13-11-28(31,32)14-20(40)18-6-7-19-23(36-18)39-24(37-19)22(21(16-2-3-16)17-4-5-17)38-26(42)27(9-10-27)29(33,34)35/h6-7,16-17,20-22H,1-5,8-14H2,(H,38,42)(H,36,37,39). The molecule has 4 fully saturated rings. The lowest BCUT2D eigenvalue weighted by molar-refractivity contribution is -0.193. The summed E-state index contributed by atoms with van der Waals surface area (Å²) < 4.78 is 83.2. The van der Waals surface area contributed by atoms with Crippen molar-refractivity contribution in [3.63, 3.8) is 0 Å². The number of imidazole rings is 1. The molecule has 2 aromatic heterocycles. The van der Waals surface area contributed by atoms with E-state index in [0.717, 1.165) is 25.7 Å². The number of nitrogens with one attached hydrogen (secondary N) is 2. The average molecular weight is 598 g/mol. The number of amides is 2. The van der Waals surface area contributed by atoms with Crippen LogP contribution in [0.15, 0.2) is 24.3 Å². The molecule has 7 nitrogen and oxygen atoms in total. The van der Waals surface area contributed by atoms with Gasteiger partial charge in [0.1, 0.15) is 11.2 Å². The van der Waals surface area contributed by atoms with Gasteiger partial charge in [0.15, 0.2) is 5.65 Å². The van der Waals surface area contributed by atoms with Crippen molar-refractivity contribution < 1.29 is 35.9 Å². The summed E-state index contributed by atoms with van der Waals surface area (Å²) in [5, 5.41) is 2.71. The highest BCUT2D eigenvalue weighted by atomic mass is 19.4. The molecule has 42 heavy (non-hydrogen) atoms. The number of likely N-dealkylation sites (tertiary alicyclic amines) is 1. The van der Waals surface area contributed by atoms with Gasteiger partial charge in [0.05, 0.1) is 30.0 Å². The Morgan fingerprint density at radius 3 is 2.33 bits per heavy atom. The number of fused-ring (bicyclic) bond motifs is 1. The zero-order valence-corrected chi connectivity index (χ0v) is 23.0. The van der Waals surface area contributed by atoms with Crippen LogP contribution in [0.1, 0.15) is 81.4 Å². The first-order valence-electron chi connectivity index (χ1n) is 14.5. The van der Waals surface area contributed by atoms with E-state index < -0.39 is 60.9 Å². The van der Waals surface area contributed by atoms with Crippen LogP contribution in [-0.2, 0) is 9.59 Å². The van der Waals surface area contributed by atoms with Gasteiger partial charge in [0.25, 0.3) is 5.92 Å². The second-order valence-corrected chi connectivity index (χ2v) is 12.4. The van der Waals surface area contributed by atoms with Gasteiger partial charge in [-0.15, -0.1) is 0 Å². The number of aromatic amines is 1. The maximum Gasteiger partial charge on any atom is 0.403 e. The van der Waals surface area contributed by atoms with Crippen LogP contribution in [0.25, 0.3) is 11.2 Å². The van der Waals surface area contributed by atoms with E-state index in [0.29, 0.717) is 5.52 Å². The Morgan fingerprint density at radius 1 is 1.10 bits per heavy atom. The molecule has 4 aliphatic rings. The highest BCUT2D eigenvalue weighted by Gasteiger charge is 2.69. The Labute approximate surface area is 238 Å². The second-order valence-electron chi connectivity index (χ2n) is 12.4. The molecular formula is C29H33F6N5O2. The summed E-state index contributed by atoms with van der Waals surface area (Å²) in [6.07, 6.45) is -2.89. The molecule has 2 N–H and O–H groups in total. The topological polar surface area (TPSA) is 91.0 Å². The van der Waals surface area contributed by atoms with Crippen LogP contribution in [-0.4, -0.2) is 57.0 Å². The molecule has 3 saturated carbocycles. The maximum absolute atomic E-state index is 14.5. The number of halogens is 6. The number of H-pyrrole nitrogens is 1. The van der Waals surface area contributed by atoms with Gasteiger partial charge in [0, 0.05) is 31.4 Å². The lowest BCUT2D eigenvalue weighted by atomic mass is 9.88. The summed E-state index contributed by atoms with van der Waals surface area (Å²) in [5.41, 5.74) is -1.66. The molecule has 3 aliphatic carbocycles. The van der Waals surface area contributed by atoms with Crippen molar-refractivity contribution in [2.24, 2.45) is 23.2 Å². The van der Waals surface area contributed by atoms with Crippen molar-refractivity contribution in [2.75, 3.05) is 13.2 Å². The fraction of sp³-hybridized carbons (Fsp3) is 0.655. The summed E-state index contributed by atoms with van der Waals surface area (Å²) in [7, 11) is 0. The number of carbonyl (C=O) groups is 2. The van der Waals surface area contributed by atoms with Crippen LogP contribution < -0.4 is 5.32 Å². The smallest absolute Gasteiger partial charge is 0.345 e. The van der Waals surface area contributed by atoms with E-state index in [1.54, 1.807) is 6.07 Å². The number of hydrogen-bond donors (Lipinski definition) is 2. The molecule has 2 atom stereocenters. The lowest BCUT2D eigenvalue weighted by Gasteiger charge is -2.39. The normalized spacial score (nSPS) is 24.1. The molecule has 2 aromatic rings. The van der Waals surface area contributed by atoms with E-state index in [-0.39, 0.29) is 66.3 Å². The molecule has 1 aliphatic heterocycles. The van der Waals surface area contributed by atoms with E-state index in [9.17, 15) is 35.9 Å². The first-order chi connectivity index (χ1) is 19.8. The summed E-state index contributed by atoms with van der Waals surface area (Å²) in [6, 6.07) is 1.20. The Bertz CT molecular complexity index is 1380. The number of piperidine rings is 1. The fourth-order valence-corrected chi connectivity index (χ4v) is 6.41. The molecule has 3 heterocycles. The molecule has 2 amide bonds. The van der Waals surface area contributed by atoms with Crippen molar-refractivity contribution in [1.82, 2.24) is 25.2 Å². The summed E-state index contributed by atoms with van der Waals surface area (Å²) in [6.45, 7) is 2.55. The summed E-state index contributed by atoms with van der Waals surface area (Å²) in [5.74, 6) is -3.98. The van der Waals surface area contributed by atoms with Gasteiger partial charge >= 0.3 is 6.18 Å². The van der Waals surface area contributed by atoms with Crippen LogP contribution in [0.5, 0.6) is 0 Å². The Kier molecular flexibility index (Phi) is 7.07. The highest BCUT2D eigenvalue weighted by molar-refractivity contribution is 5.93. The molecule has 2 unspecified atom stereocenters. The van der Waals surface area contributed by atoms with Gasteiger partial charge in [-0.2, -0.15) is 13.2 Å². The minimum absolute atomic E-state index is 0.0204. The van der Waals surface area contributed by atoms with Gasteiger partial charge in [-0.25, -0.2) is 18.7 Å². The van der Waals surface area contributed by atoms with Crippen molar-refractivity contribution in [3.05, 3.63) is 35.8 Å². The number of carbonyl (C=O) groups excluding carboxylic acids is 2. The zero-order valence-electron chi connectivity index (χ0n) is 23.0. The molecule has 0 spiro atoms. The Balaban J connectivity index is 1.33. The third-order valence-electron chi connectivity index (χ3n) is 9.30. The van der Waals surface area contributed by atoms with Gasteiger partial charge < -0.3 is 15.2 Å². The second kappa shape index (κ2) is 10.3. The third-order valence-corrected chi connectivity index (χ3v) is 9.30. The molecule has 0 aromatic carbocycles. The van der Waals surface area contributed by atoms with Crippen LogP contribution in [0.3, 0.4) is 0 Å². The SMILES string of the molecule is C=C(CCF)C(=O)N1CCC(F)(F)CC1c1ccc2[nH]c(C(NC(=O)C3(C(F)(F)F)CC3)C(C3CC3)C3CC3)nc2n1. The molecule has 13 heteroatoms. The highest BCUT2D eigenvalue weighted by Crippen LogP contribution is 2.59. The summed E-state index contributed by atoms with van der Waals surface area (Å²) in [4.78, 5) is 39.5. The minimum Gasteiger partial charge on any atom is -0.345 e. The molecular weight excluding hydrogens is 564 g/mol. The van der Waals surface area contributed by atoms with Crippen LogP contribution in [0.2, 0.25) is 0 Å². The predicted octanol–water partition coefficient (Wildman–Crippen LogP) is 6.11. The maximum atomic E-state index is 14.5. The van der Waals surface area contributed by atoms with E-state index in [1.165, 1.54) is 11.0 Å². The Morgan fingerprint density at radius 2 is 1.76 bits per heavy atom. The molecule has 1 saturated heterocycles. The van der Waals surface area contributed by atoms with Crippen molar-refractivity contribution in [3.8, 4) is 0 Å². The van der Waals surface area contributed by atoms with Crippen LogP contribution in [0, 0.1) is 23.2 Å². The minimum atomic E-state index is -4.65. The third kappa shape index (κ3) is 5.39. The lowest BCUT2D eigenvalue weighted by Crippen LogP contribution is -2.45. The van der Waals surface area contributed by atoms with Gasteiger partial charge in [-0.1, -0.05) is 6.58 Å². The Hall–Kier alpha value is -3.12. The first-order valence-corrected chi connectivity index (χ1v) is 14.5.